The Morgan fingerprint density at radius 3 is 2.89 bits per heavy atom. The third kappa shape index (κ3) is 3.84. The molecule has 1 aliphatic heterocycles. The van der Waals surface area contributed by atoms with Gasteiger partial charge in [0.25, 0.3) is 0 Å². The molecule has 0 radical (unpaired) electrons. The minimum absolute atomic E-state index is 0.195. The Bertz CT molecular complexity index is 913. The minimum atomic E-state index is 0.195. The lowest BCUT2D eigenvalue weighted by atomic mass is 10.1. The molecule has 1 aromatic carbocycles. The van der Waals surface area contributed by atoms with Gasteiger partial charge < -0.3 is 9.84 Å². The largest absolute Gasteiger partial charge is 0.497 e. The molecule has 1 atom stereocenters. The maximum absolute atomic E-state index is 9.65. The van der Waals surface area contributed by atoms with Crippen molar-refractivity contribution in [2.75, 3.05) is 40.4 Å². The highest BCUT2D eigenvalue weighted by atomic mass is 32.1. The SMILES string of the molecule is COc1ccc2cc(CN3CCN(C)[C@@H](CO)C3)c(-c3cccs3)nc2c1. The number of aliphatic hydroxyl groups excluding tert-OH is 1. The summed E-state index contributed by atoms with van der Waals surface area (Å²) in [5.41, 5.74) is 3.23. The van der Waals surface area contributed by atoms with Crippen molar-refractivity contribution in [1.82, 2.24) is 14.8 Å². The van der Waals surface area contributed by atoms with Crippen molar-refractivity contribution in [3.63, 3.8) is 0 Å². The molecule has 0 spiro atoms. The van der Waals surface area contributed by atoms with Crippen LogP contribution in [0.25, 0.3) is 21.5 Å². The zero-order chi connectivity index (χ0) is 18.8. The average Bonchev–Trinajstić information content (AvgIpc) is 3.23. The monoisotopic (exact) mass is 383 g/mol. The Labute approximate surface area is 163 Å². The van der Waals surface area contributed by atoms with Crippen LogP contribution in [-0.4, -0.2) is 66.3 Å². The van der Waals surface area contributed by atoms with Gasteiger partial charge in [0.15, 0.2) is 0 Å². The number of hydrogen-bond acceptors (Lipinski definition) is 6. The summed E-state index contributed by atoms with van der Waals surface area (Å²) in [4.78, 5) is 10.8. The van der Waals surface area contributed by atoms with Gasteiger partial charge in [-0.1, -0.05) is 6.07 Å². The number of piperazine rings is 1. The number of methoxy groups -OCH3 is 1. The molecule has 4 rings (SSSR count). The van der Waals surface area contributed by atoms with E-state index >= 15 is 0 Å². The number of thiophene rings is 1. The highest BCUT2D eigenvalue weighted by molar-refractivity contribution is 7.13. The summed E-state index contributed by atoms with van der Waals surface area (Å²) in [5.74, 6) is 0.824. The zero-order valence-electron chi connectivity index (χ0n) is 15.8. The predicted molar refractivity (Wildman–Crippen MR) is 110 cm³/mol. The van der Waals surface area contributed by atoms with Crippen LogP contribution in [-0.2, 0) is 6.54 Å². The molecule has 6 heteroatoms. The highest BCUT2D eigenvalue weighted by Gasteiger charge is 2.24. The molecule has 0 unspecified atom stereocenters. The summed E-state index contributed by atoms with van der Waals surface area (Å²) >= 11 is 1.72. The minimum Gasteiger partial charge on any atom is -0.497 e. The Morgan fingerprint density at radius 1 is 1.26 bits per heavy atom. The van der Waals surface area contributed by atoms with Crippen LogP contribution in [0.5, 0.6) is 5.75 Å². The molecule has 142 valence electrons. The van der Waals surface area contributed by atoms with E-state index in [1.54, 1.807) is 18.4 Å². The van der Waals surface area contributed by atoms with Crippen LogP contribution in [0.2, 0.25) is 0 Å². The van der Waals surface area contributed by atoms with Crippen LogP contribution in [0.15, 0.2) is 41.8 Å². The zero-order valence-corrected chi connectivity index (χ0v) is 16.6. The van der Waals surface area contributed by atoms with Gasteiger partial charge in [0, 0.05) is 43.7 Å². The lowest BCUT2D eigenvalue weighted by molar-refractivity contribution is 0.0540. The topological polar surface area (TPSA) is 48.8 Å². The van der Waals surface area contributed by atoms with E-state index in [2.05, 4.69) is 46.5 Å². The molecule has 0 aliphatic carbocycles. The molecular formula is C21H25N3O2S. The van der Waals surface area contributed by atoms with Crippen molar-refractivity contribution < 1.29 is 9.84 Å². The van der Waals surface area contributed by atoms with E-state index in [9.17, 15) is 5.11 Å². The summed E-state index contributed by atoms with van der Waals surface area (Å²) < 4.78 is 5.36. The van der Waals surface area contributed by atoms with E-state index in [1.165, 1.54) is 10.4 Å². The lowest BCUT2D eigenvalue weighted by Crippen LogP contribution is -2.52. The molecule has 0 bridgehead atoms. The fourth-order valence-corrected chi connectivity index (χ4v) is 4.41. The van der Waals surface area contributed by atoms with Gasteiger partial charge >= 0.3 is 0 Å². The number of hydrogen-bond donors (Lipinski definition) is 1. The predicted octanol–water partition coefficient (Wildman–Crippen LogP) is 3.08. The van der Waals surface area contributed by atoms with Crippen LogP contribution in [0, 0.1) is 0 Å². The van der Waals surface area contributed by atoms with Gasteiger partial charge in [-0.25, -0.2) is 4.98 Å². The van der Waals surface area contributed by atoms with E-state index in [0.717, 1.165) is 48.5 Å². The van der Waals surface area contributed by atoms with Crippen molar-refractivity contribution in [1.29, 1.82) is 0 Å². The molecule has 3 aromatic rings. The van der Waals surface area contributed by atoms with Gasteiger partial charge in [-0.05, 0) is 42.3 Å². The Kier molecular flexibility index (Phi) is 5.41. The fraction of sp³-hybridized carbons (Fsp3) is 0.381. The van der Waals surface area contributed by atoms with Gasteiger partial charge in [0.2, 0.25) is 0 Å². The smallest absolute Gasteiger partial charge is 0.121 e. The number of likely N-dealkylation sites (N-methyl/N-ethyl adjacent to an activating group) is 1. The number of nitrogens with zero attached hydrogens (tertiary/aromatic N) is 3. The molecule has 1 N–H and O–H groups in total. The summed E-state index contributed by atoms with van der Waals surface area (Å²) in [7, 11) is 3.76. The van der Waals surface area contributed by atoms with Crippen LogP contribution in [0.3, 0.4) is 0 Å². The molecular weight excluding hydrogens is 358 g/mol. The quantitative estimate of drug-likeness (QED) is 0.734. The molecule has 1 saturated heterocycles. The Morgan fingerprint density at radius 2 is 2.15 bits per heavy atom. The first kappa shape index (κ1) is 18.4. The molecule has 0 amide bonds. The van der Waals surface area contributed by atoms with Crippen LogP contribution >= 0.6 is 11.3 Å². The van der Waals surface area contributed by atoms with Crippen LogP contribution in [0.4, 0.5) is 0 Å². The lowest BCUT2D eigenvalue weighted by Gasteiger charge is -2.38. The molecule has 1 aliphatic rings. The first-order valence-electron chi connectivity index (χ1n) is 9.23. The highest BCUT2D eigenvalue weighted by Crippen LogP contribution is 2.31. The van der Waals surface area contributed by atoms with Crippen LogP contribution < -0.4 is 4.74 Å². The Hall–Kier alpha value is -1.99. The Balaban J connectivity index is 1.71. The summed E-state index contributed by atoms with van der Waals surface area (Å²) in [6, 6.07) is 12.7. The van der Waals surface area contributed by atoms with Crippen molar-refractivity contribution >= 4 is 22.2 Å². The summed E-state index contributed by atoms with van der Waals surface area (Å²) in [6.07, 6.45) is 0. The first-order chi connectivity index (χ1) is 13.2. The molecule has 0 saturated carbocycles. The second-order valence-electron chi connectivity index (χ2n) is 7.08. The van der Waals surface area contributed by atoms with E-state index < -0.39 is 0 Å². The third-order valence-corrected chi connectivity index (χ3v) is 6.20. The van der Waals surface area contributed by atoms with Crippen LogP contribution in [0.1, 0.15) is 5.56 Å². The number of aliphatic hydroxyl groups is 1. The maximum Gasteiger partial charge on any atom is 0.121 e. The number of pyridine rings is 1. The molecule has 27 heavy (non-hydrogen) atoms. The second kappa shape index (κ2) is 7.94. The van der Waals surface area contributed by atoms with Gasteiger partial charge in [-0.15, -0.1) is 11.3 Å². The standard InChI is InChI=1S/C21H25N3O2S/c1-23-7-8-24(13-17(23)14-25)12-16-10-15-5-6-18(26-2)11-19(15)22-21(16)20-4-3-9-27-20/h3-6,9-11,17,25H,7-8,12-14H2,1-2H3/t17-/m1/s1. The van der Waals surface area contributed by atoms with E-state index in [1.807, 2.05) is 12.1 Å². The molecule has 5 nitrogen and oxygen atoms in total. The maximum atomic E-state index is 9.65. The van der Waals surface area contributed by atoms with E-state index in [-0.39, 0.29) is 12.6 Å². The summed E-state index contributed by atoms with van der Waals surface area (Å²) in [5, 5.41) is 12.9. The van der Waals surface area contributed by atoms with Gasteiger partial charge in [-0.3, -0.25) is 9.80 Å². The normalized spacial score (nSPS) is 18.9. The molecule has 3 heterocycles. The average molecular weight is 384 g/mol. The number of rotatable bonds is 5. The molecule has 1 fully saturated rings. The number of aromatic nitrogens is 1. The number of ether oxygens (including phenoxy) is 1. The van der Waals surface area contributed by atoms with Crippen molar-refractivity contribution in [3.8, 4) is 16.3 Å². The van der Waals surface area contributed by atoms with E-state index in [0.29, 0.717) is 0 Å². The van der Waals surface area contributed by atoms with Gasteiger partial charge in [0.1, 0.15) is 5.75 Å². The van der Waals surface area contributed by atoms with E-state index in [4.69, 9.17) is 9.72 Å². The summed E-state index contributed by atoms with van der Waals surface area (Å²) in [6.45, 7) is 3.87. The molecule has 2 aromatic heterocycles. The number of fused-ring (bicyclic) bond motifs is 1. The van der Waals surface area contributed by atoms with Crippen molar-refractivity contribution in [2.24, 2.45) is 0 Å². The van der Waals surface area contributed by atoms with Crippen molar-refractivity contribution in [2.45, 2.75) is 12.6 Å². The second-order valence-corrected chi connectivity index (χ2v) is 8.03. The first-order valence-corrected chi connectivity index (χ1v) is 10.1. The van der Waals surface area contributed by atoms with Crippen molar-refractivity contribution in [3.05, 3.63) is 47.3 Å². The number of benzene rings is 1. The van der Waals surface area contributed by atoms with Gasteiger partial charge in [-0.2, -0.15) is 0 Å². The van der Waals surface area contributed by atoms with Gasteiger partial charge in [0.05, 0.1) is 29.8 Å². The third-order valence-electron chi connectivity index (χ3n) is 5.32. The fourth-order valence-electron chi connectivity index (χ4n) is 3.66.